The summed E-state index contributed by atoms with van der Waals surface area (Å²) in [4.78, 5) is 29.4. The molecule has 3 fully saturated rings. The van der Waals surface area contributed by atoms with Gasteiger partial charge in [-0.05, 0) is 109 Å². The van der Waals surface area contributed by atoms with E-state index in [9.17, 15) is 45.6 Å². The number of benzene rings is 4. The van der Waals surface area contributed by atoms with Gasteiger partial charge in [-0.3, -0.25) is 20.0 Å². The first-order valence-electron chi connectivity index (χ1n) is 22.5. The number of methoxy groups -OCH3 is 3. The van der Waals surface area contributed by atoms with Gasteiger partial charge < -0.3 is 33.5 Å². The number of rotatable bonds is 20. The third-order valence-corrected chi connectivity index (χ3v) is 18.0. The molecule has 4 aromatic carbocycles. The molecule has 4 N–H and O–H groups in total. The fourth-order valence-corrected chi connectivity index (χ4v) is 12.6. The number of nitrogens with zero attached hydrogens (tertiary/aromatic N) is 2. The Hall–Kier alpha value is -5.10. The number of carbonyl (C=O) groups is 2. The first kappa shape index (κ1) is 53.3. The van der Waals surface area contributed by atoms with Crippen LogP contribution in [0.25, 0.3) is 22.3 Å². The fraction of sp³-hybridized carbons (Fsp3) is 0.458. The number of nitrogens with one attached hydrogen (secondary N) is 2. The SMILES string of the molecule is COCCOc1ccc(-c2ccc(S(=O)(=O)C3(C(=O)NO)CCN(C4CC4)CC3)cc2)cc1F.COCCOc1ccc(-c2ccc(S(=O)(=O)C3(C(=O)NO)CCN(CCOC)CC3)cc2)cc1F. The molecule has 1 saturated carbocycles. The van der Waals surface area contributed by atoms with E-state index in [4.69, 9.17) is 23.7 Å². The summed E-state index contributed by atoms with van der Waals surface area (Å²) in [6, 6.07) is 21.4. The van der Waals surface area contributed by atoms with E-state index in [0.717, 1.165) is 12.8 Å². The number of ether oxygens (including phenoxy) is 5. The quantitative estimate of drug-likeness (QED) is 0.0516. The van der Waals surface area contributed by atoms with Gasteiger partial charge in [0.1, 0.15) is 13.2 Å². The molecule has 2 saturated heterocycles. The maximum absolute atomic E-state index is 14.4. The lowest BCUT2D eigenvalue weighted by atomic mass is 9.94. The topological polar surface area (TPSA) is 220 Å². The van der Waals surface area contributed by atoms with E-state index in [-0.39, 0.29) is 60.2 Å². The molecule has 7 rings (SSSR count). The number of likely N-dealkylation sites (tertiary alicyclic amines) is 2. The van der Waals surface area contributed by atoms with E-state index in [1.54, 1.807) is 54.5 Å². The summed E-state index contributed by atoms with van der Waals surface area (Å²) in [5.74, 6) is -2.73. The standard InChI is InChI=1S/C24H31FN2O7S.C24H29FN2O6S/c1-32-14-13-27-11-9-24(10-12-27,23(28)26-29)35(30,31)20-6-3-18(4-7-20)19-5-8-22(21(25)17-19)34-16-15-33-2;1-32-14-15-33-22-9-4-18(16-21(22)25)17-2-7-20(8-3-17)34(30,31)24(23(28)26-29)10-12-27(13-11-24)19-5-6-19/h3-8,17,29H,9-16H2,1-2H3,(H,26,28);2-4,7-9,16,19,29H,5-6,10-15H2,1H3,(H,26,28). The van der Waals surface area contributed by atoms with Crippen molar-refractivity contribution in [3.8, 4) is 33.8 Å². The molecule has 69 heavy (non-hydrogen) atoms. The van der Waals surface area contributed by atoms with Crippen LogP contribution >= 0.6 is 0 Å². The maximum atomic E-state index is 14.4. The van der Waals surface area contributed by atoms with Gasteiger partial charge in [0.2, 0.25) is 0 Å². The maximum Gasteiger partial charge on any atom is 0.265 e. The van der Waals surface area contributed by atoms with Crippen molar-refractivity contribution in [2.45, 2.75) is 63.9 Å². The Kier molecular flexibility index (Phi) is 18.3. The first-order chi connectivity index (χ1) is 33.1. The highest BCUT2D eigenvalue weighted by Crippen LogP contribution is 2.41. The Morgan fingerprint density at radius 1 is 0.580 bits per heavy atom. The van der Waals surface area contributed by atoms with Crippen LogP contribution in [0.5, 0.6) is 11.5 Å². The molecule has 0 spiro atoms. The van der Waals surface area contributed by atoms with Gasteiger partial charge in [0.25, 0.3) is 11.8 Å². The summed E-state index contributed by atoms with van der Waals surface area (Å²) in [5.41, 5.74) is 5.45. The van der Waals surface area contributed by atoms with E-state index in [2.05, 4.69) is 4.90 Å². The molecule has 2 amide bonds. The van der Waals surface area contributed by atoms with Crippen molar-refractivity contribution in [3.05, 3.63) is 96.6 Å². The predicted molar refractivity (Wildman–Crippen MR) is 249 cm³/mol. The van der Waals surface area contributed by atoms with Crippen LogP contribution in [0, 0.1) is 11.6 Å². The van der Waals surface area contributed by atoms with E-state index >= 15 is 0 Å². The summed E-state index contributed by atoms with van der Waals surface area (Å²) in [5, 5.41) is 18.7. The van der Waals surface area contributed by atoms with Crippen molar-refractivity contribution in [3.63, 3.8) is 0 Å². The Balaban J connectivity index is 0.000000227. The average Bonchev–Trinajstić information content (AvgIpc) is 4.23. The third-order valence-electron chi connectivity index (χ3n) is 13.0. The largest absolute Gasteiger partial charge is 0.488 e. The zero-order valence-electron chi connectivity index (χ0n) is 38.8. The van der Waals surface area contributed by atoms with Gasteiger partial charge in [-0.2, -0.15) is 0 Å². The molecular weight excluding hydrogens is 943 g/mol. The summed E-state index contributed by atoms with van der Waals surface area (Å²) in [7, 11) is -3.60. The zero-order chi connectivity index (χ0) is 49.8. The number of amides is 2. The number of hydroxylamine groups is 2. The zero-order valence-corrected chi connectivity index (χ0v) is 40.5. The minimum atomic E-state index is -4.14. The molecule has 0 aromatic heterocycles. The lowest BCUT2D eigenvalue weighted by Gasteiger charge is -2.39. The second kappa shape index (κ2) is 23.7. The second-order valence-corrected chi connectivity index (χ2v) is 21.5. The van der Waals surface area contributed by atoms with Crippen molar-refractivity contribution < 1.29 is 69.3 Å². The molecule has 2 heterocycles. The van der Waals surface area contributed by atoms with E-state index in [0.29, 0.717) is 80.8 Å². The molecule has 376 valence electrons. The monoisotopic (exact) mass is 1000 g/mol. The second-order valence-electron chi connectivity index (χ2n) is 17.0. The summed E-state index contributed by atoms with van der Waals surface area (Å²) in [6.07, 6.45) is 2.46. The molecular formula is C48H60F2N4O13S2. The number of piperidine rings is 2. The van der Waals surface area contributed by atoms with E-state index < -0.39 is 52.6 Å². The van der Waals surface area contributed by atoms with Crippen LogP contribution in [0.15, 0.2) is 94.7 Å². The Morgan fingerprint density at radius 3 is 1.30 bits per heavy atom. The molecule has 2 aliphatic heterocycles. The van der Waals surface area contributed by atoms with E-state index in [1.165, 1.54) is 62.8 Å². The first-order valence-corrected chi connectivity index (χ1v) is 25.4. The minimum Gasteiger partial charge on any atom is -0.488 e. The van der Waals surface area contributed by atoms with Gasteiger partial charge in [0.05, 0.1) is 29.6 Å². The molecule has 17 nitrogen and oxygen atoms in total. The smallest absolute Gasteiger partial charge is 0.265 e. The molecule has 1 aliphatic carbocycles. The van der Waals surface area contributed by atoms with Crippen LogP contribution in [-0.4, -0.2) is 151 Å². The van der Waals surface area contributed by atoms with Crippen LogP contribution in [0.3, 0.4) is 0 Å². The summed E-state index contributed by atoms with van der Waals surface area (Å²) < 4.78 is 105. The van der Waals surface area contributed by atoms with E-state index in [1.807, 2.05) is 4.90 Å². The highest BCUT2D eigenvalue weighted by atomic mass is 32.2. The lowest BCUT2D eigenvalue weighted by Crippen LogP contribution is -2.58. The van der Waals surface area contributed by atoms with Crippen molar-refractivity contribution in [1.29, 1.82) is 0 Å². The number of hydrogen-bond donors (Lipinski definition) is 4. The molecule has 4 aromatic rings. The van der Waals surface area contributed by atoms with Crippen LogP contribution < -0.4 is 20.4 Å². The van der Waals surface area contributed by atoms with Crippen molar-refractivity contribution in [2.75, 3.05) is 87.1 Å². The summed E-state index contributed by atoms with van der Waals surface area (Å²) in [6.45, 7) is 3.92. The average molecular weight is 1000 g/mol. The van der Waals surface area contributed by atoms with Gasteiger partial charge in [0.15, 0.2) is 52.3 Å². The van der Waals surface area contributed by atoms with Gasteiger partial charge in [0, 0.05) is 60.1 Å². The normalized spacial score (nSPS) is 17.3. The van der Waals surface area contributed by atoms with Crippen molar-refractivity contribution in [2.24, 2.45) is 0 Å². The van der Waals surface area contributed by atoms with Gasteiger partial charge >= 0.3 is 0 Å². The highest BCUT2D eigenvalue weighted by molar-refractivity contribution is 7.94. The van der Waals surface area contributed by atoms with Crippen LogP contribution in [0.1, 0.15) is 38.5 Å². The van der Waals surface area contributed by atoms with Crippen LogP contribution in [0.4, 0.5) is 8.78 Å². The molecule has 3 aliphatic rings. The molecule has 0 bridgehead atoms. The number of hydrogen-bond acceptors (Lipinski definition) is 15. The number of sulfone groups is 2. The lowest BCUT2D eigenvalue weighted by molar-refractivity contribution is -0.134. The van der Waals surface area contributed by atoms with Crippen LogP contribution in [-0.2, 0) is 43.5 Å². The minimum absolute atomic E-state index is 0.0142. The molecule has 0 unspecified atom stereocenters. The van der Waals surface area contributed by atoms with Gasteiger partial charge in [-0.1, -0.05) is 36.4 Å². The van der Waals surface area contributed by atoms with Gasteiger partial charge in [-0.25, -0.2) is 36.6 Å². The number of halogens is 2. The molecule has 21 heteroatoms. The fourth-order valence-electron chi connectivity index (χ4n) is 8.66. The van der Waals surface area contributed by atoms with Crippen molar-refractivity contribution >= 4 is 31.5 Å². The predicted octanol–water partition coefficient (Wildman–Crippen LogP) is 5.07. The van der Waals surface area contributed by atoms with Crippen molar-refractivity contribution in [1.82, 2.24) is 20.8 Å². The van der Waals surface area contributed by atoms with Gasteiger partial charge in [-0.15, -0.1) is 0 Å². The Labute approximate surface area is 401 Å². The molecule has 0 atom stereocenters. The molecule has 0 radical (unpaired) electrons. The Bertz CT molecular complexity index is 2590. The summed E-state index contributed by atoms with van der Waals surface area (Å²) >= 11 is 0. The number of carbonyl (C=O) groups excluding carboxylic acids is 2. The Morgan fingerprint density at radius 2 is 0.957 bits per heavy atom. The third kappa shape index (κ3) is 11.9. The van der Waals surface area contributed by atoms with Crippen LogP contribution in [0.2, 0.25) is 0 Å². The highest BCUT2D eigenvalue weighted by Gasteiger charge is 2.55.